The molecule has 0 aromatic heterocycles. The molecule has 0 aliphatic rings. The fraction of sp³-hybridized carbons (Fsp3) is 0.0400. The van der Waals surface area contributed by atoms with E-state index in [4.69, 9.17) is 40.8 Å². The summed E-state index contributed by atoms with van der Waals surface area (Å²) in [5, 5.41) is 8.59. The van der Waals surface area contributed by atoms with Gasteiger partial charge in [0.25, 0.3) is 10.1 Å². The maximum absolute atomic E-state index is 11.9. The van der Waals surface area contributed by atoms with Crippen LogP contribution in [-0.2, 0) is 30.0 Å². The number of benzene rings is 4. The summed E-state index contributed by atoms with van der Waals surface area (Å²) < 4.78 is 72.8. The van der Waals surface area contributed by atoms with Crippen molar-refractivity contribution >= 4 is 56.4 Å². The molecule has 0 radical (unpaired) electrons. The molecule has 0 spiro atoms. The molecule has 11 N–H and O–H groups in total. The summed E-state index contributed by atoms with van der Waals surface area (Å²) in [7, 11) is -11.8. The molecule has 4 aromatic carbocycles. The van der Waals surface area contributed by atoms with E-state index in [1.54, 1.807) is 66.7 Å². The molecule has 0 aliphatic carbocycles. The minimum atomic E-state index is -4.34. The highest BCUT2D eigenvalue weighted by molar-refractivity contribution is 7.86. The molecule has 1 atom stereocenters. The van der Waals surface area contributed by atoms with Crippen LogP contribution in [0.1, 0.15) is 5.56 Å². The summed E-state index contributed by atoms with van der Waals surface area (Å²) in [6.45, 7) is 1.83. The monoisotopic (exact) mass is 638 g/mol. The van der Waals surface area contributed by atoms with Crippen LogP contribution in [0.3, 0.4) is 0 Å². The molecule has 224 valence electrons. The number of aryl methyl sites for hydroxylation is 1. The third kappa shape index (κ3) is 9.39. The van der Waals surface area contributed by atoms with Crippen LogP contribution in [0.15, 0.2) is 83.8 Å². The second kappa shape index (κ2) is 14.1. The summed E-state index contributed by atoms with van der Waals surface area (Å²) in [4.78, 5) is 9.49. The van der Waals surface area contributed by atoms with E-state index < -0.39 is 28.3 Å². The smallest absolute Gasteiger partial charge is 0.399 e. The maximum atomic E-state index is 11.9. The fourth-order valence-corrected chi connectivity index (χ4v) is 5.35. The van der Waals surface area contributed by atoms with Crippen LogP contribution in [0.25, 0.3) is 22.3 Å². The van der Waals surface area contributed by atoms with Crippen molar-refractivity contribution in [3.63, 3.8) is 0 Å². The zero-order valence-corrected chi connectivity index (χ0v) is 24.3. The number of hydrogen-bond acceptors (Lipinski definition) is 12. The van der Waals surface area contributed by atoms with Crippen molar-refractivity contribution in [3.8, 4) is 22.3 Å². The van der Waals surface area contributed by atoms with Crippen molar-refractivity contribution in [2.45, 2.75) is 11.8 Å². The molecule has 0 aliphatic heterocycles. The zero-order chi connectivity index (χ0) is 31.8. The second-order valence-electron chi connectivity index (χ2n) is 8.51. The standard InChI is InChI=1S/C13H15N2O4P.C12H12N2O3S.O3S/c1-8-6-9(14)2-4-11(8)12-5-3-10(15)7-13(12)20(17,18)19-16;13-9-3-1-8(2-4-9)11-6-5-10(14)7-12(11)18(15,16)17;1-4(2)3/h2-7,16H,14-15H2,1H3,(H,17,18);1-7H,13-14H2,(H,15,16,17);. The van der Waals surface area contributed by atoms with Gasteiger partial charge >= 0.3 is 18.2 Å². The minimum absolute atomic E-state index is 0.0622. The van der Waals surface area contributed by atoms with Crippen molar-refractivity contribution in [3.05, 3.63) is 84.4 Å². The van der Waals surface area contributed by atoms with Gasteiger partial charge in [0.05, 0.1) is 5.30 Å². The third-order valence-corrected chi connectivity index (χ3v) is 7.58. The van der Waals surface area contributed by atoms with Crippen molar-refractivity contribution in [1.29, 1.82) is 0 Å². The van der Waals surface area contributed by atoms with Crippen LogP contribution in [0.2, 0.25) is 0 Å². The zero-order valence-electron chi connectivity index (χ0n) is 21.8. The van der Waals surface area contributed by atoms with Crippen LogP contribution in [0.4, 0.5) is 22.7 Å². The van der Waals surface area contributed by atoms with E-state index >= 15 is 0 Å². The Morgan fingerprint density at radius 1 is 0.714 bits per heavy atom. The van der Waals surface area contributed by atoms with Gasteiger partial charge in [-0.3, -0.25) is 9.12 Å². The number of nitrogens with two attached hydrogens (primary N) is 4. The molecule has 4 aromatic rings. The Morgan fingerprint density at radius 2 is 1.14 bits per heavy atom. The third-order valence-electron chi connectivity index (χ3n) is 5.48. The predicted octanol–water partition coefficient (Wildman–Crippen LogP) is 2.89. The van der Waals surface area contributed by atoms with Crippen LogP contribution < -0.4 is 28.2 Å². The fourth-order valence-electron chi connectivity index (χ4n) is 3.70. The normalized spacial score (nSPS) is 12.1. The quantitative estimate of drug-likeness (QED) is 0.0544. The van der Waals surface area contributed by atoms with Gasteiger partial charge in [0.1, 0.15) is 4.90 Å². The average Bonchev–Trinajstić information content (AvgIpc) is 2.89. The maximum Gasteiger partial charge on any atom is 0.425 e. The minimum Gasteiger partial charge on any atom is -0.399 e. The Morgan fingerprint density at radius 3 is 1.62 bits per heavy atom. The van der Waals surface area contributed by atoms with Gasteiger partial charge in [0.2, 0.25) is 0 Å². The molecule has 42 heavy (non-hydrogen) atoms. The molecular weight excluding hydrogens is 611 g/mol. The predicted molar refractivity (Wildman–Crippen MR) is 159 cm³/mol. The van der Waals surface area contributed by atoms with Crippen LogP contribution >= 0.6 is 7.60 Å². The Balaban J connectivity index is 0.000000262. The van der Waals surface area contributed by atoms with Gasteiger partial charge in [0.15, 0.2) is 0 Å². The number of anilines is 4. The van der Waals surface area contributed by atoms with Crippen molar-refractivity contribution < 1.29 is 45.0 Å². The van der Waals surface area contributed by atoms with Crippen LogP contribution in [-0.4, -0.2) is 35.7 Å². The lowest BCUT2D eigenvalue weighted by molar-refractivity contribution is -0.143. The Labute approximate surface area is 242 Å². The van der Waals surface area contributed by atoms with Crippen LogP contribution in [0, 0.1) is 6.92 Å². The highest BCUT2D eigenvalue weighted by Gasteiger charge is 2.27. The Kier molecular flexibility index (Phi) is 11.4. The molecule has 0 bridgehead atoms. The Hall–Kier alpha value is -4.28. The van der Waals surface area contributed by atoms with E-state index in [2.05, 4.69) is 4.67 Å². The highest BCUT2D eigenvalue weighted by Crippen LogP contribution is 2.43. The van der Waals surface area contributed by atoms with E-state index in [1.807, 2.05) is 6.92 Å². The first-order chi connectivity index (χ1) is 19.5. The van der Waals surface area contributed by atoms with Crippen molar-refractivity contribution in [1.82, 2.24) is 0 Å². The first-order valence-electron chi connectivity index (χ1n) is 11.4. The van der Waals surface area contributed by atoms with E-state index in [-0.39, 0.29) is 15.9 Å². The molecule has 0 saturated heterocycles. The van der Waals surface area contributed by atoms with E-state index in [9.17, 15) is 22.4 Å². The summed E-state index contributed by atoms with van der Waals surface area (Å²) >= 11 is 0. The molecule has 0 saturated carbocycles. The first-order valence-corrected chi connectivity index (χ1v) is 15.4. The van der Waals surface area contributed by atoms with Gasteiger partial charge in [-0.1, -0.05) is 30.3 Å². The first kappa shape index (κ1) is 33.9. The average molecular weight is 639 g/mol. The number of hydrogen-bond donors (Lipinski definition) is 7. The van der Waals surface area contributed by atoms with Gasteiger partial charge < -0.3 is 27.8 Å². The summed E-state index contributed by atoms with van der Waals surface area (Å²) in [6.07, 6.45) is 0. The molecule has 0 fully saturated rings. The van der Waals surface area contributed by atoms with E-state index in [0.29, 0.717) is 39.3 Å². The van der Waals surface area contributed by atoms with Crippen molar-refractivity contribution in [2.75, 3.05) is 22.9 Å². The van der Waals surface area contributed by atoms with Crippen LogP contribution in [0.5, 0.6) is 0 Å². The molecule has 0 amide bonds. The van der Waals surface area contributed by atoms with Gasteiger partial charge in [0, 0.05) is 28.3 Å². The SMILES string of the molecule is Cc1cc(N)ccc1-c1ccc(N)cc1P(=O)(O)OO.Nc1ccc(-c2ccc(N)cc2S(=O)(=O)O)cc1.O=S(=O)=O. The molecule has 1 unspecified atom stereocenters. The highest BCUT2D eigenvalue weighted by atomic mass is 32.2. The van der Waals surface area contributed by atoms with E-state index in [1.165, 1.54) is 12.1 Å². The Bertz CT molecular complexity index is 1850. The van der Waals surface area contributed by atoms with Gasteiger partial charge in [-0.05, 0) is 77.7 Å². The summed E-state index contributed by atoms with van der Waals surface area (Å²) in [6, 6.07) is 20.7. The summed E-state index contributed by atoms with van der Waals surface area (Å²) in [5.41, 5.74) is 27.1. The second-order valence-corrected chi connectivity index (χ2v) is 12.0. The lowest BCUT2D eigenvalue weighted by atomic mass is 10.00. The van der Waals surface area contributed by atoms with Gasteiger partial charge in [-0.25, -0.2) is 5.26 Å². The summed E-state index contributed by atoms with van der Waals surface area (Å²) in [5.74, 6) is 0. The topological polar surface area (TPSA) is 276 Å². The molecule has 17 heteroatoms. The lowest BCUT2D eigenvalue weighted by Crippen LogP contribution is -2.11. The molecule has 0 heterocycles. The van der Waals surface area contributed by atoms with E-state index in [0.717, 1.165) is 5.56 Å². The molecular formula is C25H27N4O10PS2. The lowest BCUT2D eigenvalue weighted by Gasteiger charge is -2.15. The number of nitrogen functional groups attached to an aromatic ring is 4. The van der Waals surface area contributed by atoms with Gasteiger partial charge in [-0.2, -0.15) is 8.42 Å². The van der Waals surface area contributed by atoms with Gasteiger partial charge in [-0.15, -0.1) is 17.3 Å². The van der Waals surface area contributed by atoms with Crippen molar-refractivity contribution in [2.24, 2.45) is 0 Å². The molecule has 14 nitrogen and oxygen atoms in total. The molecule has 4 rings (SSSR count). The number of rotatable bonds is 5. The largest absolute Gasteiger partial charge is 0.425 e.